The van der Waals surface area contributed by atoms with Crippen molar-refractivity contribution in [1.29, 1.82) is 0 Å². The summed E-state index contributed by atoms with van der Waals surface area (Å²) in [5, 5.41) is 4.57. The third-order valence-corrected chi connectivity index (χ3v) is 5.89. The number of thiophene rings is 1. The number of methoxy groups -OCH3 is 1. The van der Waals surface area contributed by atoms with Gasteiger partial charge in [0.25, 0.3) is 5.91 Å². The molecule has 0 unspecified atom stereocenters. The van der Waals surface area contributed by atoms with Crippen molar-refractivity contribution >= 4 is 23.3 Å². The molecule has 0 saturated carbocycles. The fourth-order valence-corrected chi connectivity index (χ4v) is 4.01. The molecule has 1 aromatic heterocycles. The monoisotopic (exact) mass is 514 g/mol. The molecule has 0 atom stereocenters. The summed E-state index contributed by atoms with van der Waals surface area (Å²) < 4.78 is 30.5. The van der Waals surface area contributed by atoms with E-state index in [-0.39, 0.29) is 38.0 Å². The maximum atomic E-state index is 13.9. The number of alkyl carbamates (subject to hydrolysis) is 1. The van der Waals surface area contributed by atoms with Crippen LogP contribution < -0.4 is 14.8 Å². The van der Waals surface area contributed by atoms with Gasteiger partial charge in [0.2, 0.25) is 0 Å². The molecule has 0 radical (unpaired) electrons. The molecule has 0 fully saturated rings. The lowest BCUT2D eigenvalue weighted by atomic mass is 10.1. The molecule has 0 aliphatic rings. The molecule has 1 N–H and O–H groups in total. The normalized spacial score (nSPS) is 11.0. The number of carbonyl (C=O) groups is 2. The molecule has 0 aliphatic heterocycles. The van der Waals surface area contributed by atoms with E-state index in [2.05, 4.69) is 5.32 Å². The van der Waals surface area contributed by atoms with E-state index in [4.69, 9.17) is 14.2 Å². The van der Waals surface area contributed by atoms with Crippen LogP contribution in [-0.4, -0.2) is 42.7 Å². The van der Waals surface area contributed by atoms with Gasteiger partial charge < -0.3 is 24.4 Å². The third kappa shape index (κ3) is 7.98. The Labute approximate surface area is 214 Å². The molecule has 36 heavy (non-hydrogen) atoms. The van der Waals surface area contributed by atoms with E-state index in [0.29, 0.717) is 21.9 Å². The maximum Gasteiger partial charge on any atom is 0.407 e. The highest BCUT2D eigenvalue weighted by molar-refractivity contribution is 7.12. The van der Waals surface area contributed by atoms with Crippen LogP contribution in [0, 0.1) is 5.82 Å². The molecule has 2 amide bonds. The SMILES string of the molecule is COc1cc(CN(CCOC(=O)NC(C)(C)C)C(=O)c2cccs2)ccc1OCc1ccccc1F. The third-order valence-electron chi connectivity index (χ3n) is 5.03. The predicted molar refractivity (Wildman–Crippen MR) is 137 cm³/mol. The molecule has 2 aromatic carbocycles. The summed E-state index contributed by atoms with van der Waals surface area (Å²) in [7, 11) is 1.52. The first kappa shape index (κ1) is 27.0. The lowest BCUT2D eigenvalue weighted by molar-refractivity contribution is 0.0681. The molecule has 192 valence electrons. The minimum absolute atomic E-state index is 0.0417. The van der Waals surface area contributed by atoms with Crippen molar-refractivity contribution in [3.8, 4) is 11.5 Å². The second kappa shape index (κ2) is 12.4. The van der Waals surface area contributed by atoms with Crippen LogP contribution in [-0.2, 0) is 17.9 Å². The van der Waals surface area contributed by atoms with E-state index in [1.165, 1.54) is 24.5 Å². The molecule has 1 heterocycles. The average molecular weight is 515 g/mol. The van der Waals surface area contributed by atoms with Crippen LogP contribution in [0.5, 0.6) is 11.5 Å². The lowest BCUT2D eigenvalue weighted by Gasteiger charge is -2.24. The zero-order valence-corrected chi connectivity index (χ0v) is 21.7. The molecule has 9 heteroatoms. The zero-order valence-electron chi connectivity index (χ0n) is 20.9. The van der Waals surface area contributed by atoms with E-state index >= 15 is 0 Å². The second-order valence-corrected chi connectivity index (χ2v) is 10.0. The topological polar surface area (TPSA) is 77.1 Å². The van der Waals surface area contributed by atoms with Crippen molar-refractivity contribution in [2.45, 2.75) is 39.5 Å². The summed E-state index contributed by atoms with van der Waals surface area (Å²) >= 11 is 1.35. The summed E-state index contributed by atoms with van der Waals surface area (Å²) in [6, 6.07) is 15.3. The number of hydrogen-bond donors (Lipinski definition) is 1. The smallest absolute Gasteiger partial charge is 0.407 e. The average Bonchev–Trinajstić information content (AvgIpc) is 3.37. The van der Waals surface area contributed by atoms with Crippen LogP contribution in [0.2, 0.25) is 0 Å². The minimum atomic E-state index is -0.538. The molecule has 0 spiro atoms. The summed E-state index contributed by atoms with van der Waals surface area (Å²) in [6.07, 6.45) is -0.538. The highest BCUT2D eigenvalue weighted by atomic mass is 32.1. The number of rotatable bonds is 10. The minimum Gasteiger partial charge on any atom is -0.493 e. The fraction of sp³-hybridized carbons (Fsp3) is 0.333. The first-order valence-corrected chi connectivity index (χ1v) is 12.3. The van der Waals surface area contributed by atoms with Gasteiger partial charge in [0.15, 0.2) is 11.5 Å². The highest BCUT2D eigenvalue weighted by Crippen LogP contribution is 2.30. The Bertz CT molecular complexity index is 1160. The molecular formula is C27H31FN2O5S. The summed E-state index contributed by atoms with van der Waals surface area (Å²) in [6.45, 7) is 6.15. The Kier molecular flexibility index (Phi) is 9.30. The summed E-state index contributed by atoms with van der Waals surface area (Å²) in [4.78, 5) is 27.3. The van der Waals surface area contributed by atoms with Crippen LogP contribution in [0.1, 0.15) is 41.6 Å². The van der Waals surface area contributed by atoms with Crippen LogP contribution in [0.15, 0.2) is 60.0 Å². The van der Waals surface area contributed by atoms with Gasteiger partial charge in [0.1, 0.15) is 19.0 Å². The van der Waals surface area contributed by atoms with Crippen LogP contribution in [0.4, 0.5) is 9.18 Å². The summed E-state index contributed by atoms with van der Waals surface area (Å²) in [5.74, 6) is 0.425. The quantitative estimate of drug-likeness (QED) is 0.379. The highest BCUT2D eigenvalue weighted by Gasteiger charge is 2.20. The van der Waals surface area contributed by atoms with Crippen molar-refractivity contribution in [2.24, 2.45) is 0 Å². The van der Waals surface area contributed by atoms with Crippen LogP contribution >= 0.6 is 11.3 Å². The van der Waals surface area contributed by atoms with E-state index < -0.39 is 11.6 Å². The standard InChI is InChI=1S/C27H31FN2O5S/c1-27(2,3)29-26(32)34-14-13-30(25(31)24-10-7-15-36-24)17-19-11-12-22(23(16-19)33-4)35-18-20-8-5-6-9-21(20)28/h5-12,15-16H,13-14,17-18H2,1-4H3,(H,29,32). The summed E-state index contributed by atoms with van der Waals surface area (Å²) in [5.41, 5.74) is 0.817. The van der Waals surface area contributed by atoms with Gasteiger partial charge in [-0.1, -0.05) is 30.3 Å². The van der Waals surface area contributed by atoms with Crippen molar-refractivity contribution in [1.82, 2.24) is 10.2 Å². The van der Waals surface area contributed by atoms with Crippen molar-refractivity contribution < 1.29 is 28.2 Å². The van der Waals surface area contributed by atoms with Crippen molar-refractivity contribution in [2.75, 3.05) is 20.3 Å². The van der Waals surface area contributed by atoms with E-state index in [9.17, 15) is 14.0 Å². The first-order chi connectivity index (χ1) is 17.2. The molecule has 0 saturated heterocycles. The number of carbonyl (C=O) groups excluding carboxylic acids is 2. The number of halogens is 1. The van der Waals surface area contributed by atoms with Crippen molar-refractivity contribution in [3.63, 3.8) is 0 Å². The number of nitrogens with zero attached hydrogens (tertiary/aromatic N) is 1. The molecule has 0 bridgehead atoms. The van der Waals surface area contributed by atoms with Crippen LogP contribution in [0.3, 0.4) is 0 Å². The molecule has 3 rings (SSSR count). The van der Waals surface area contributed by atoms with Gasteiger partial charge in [0.05, 0.1) is 18.5 Å². The Hall–Kier alpha value is -3.59. The van der Waals surface area contributed by atoms with Gasteiger partial charge in [-0.25, -0.2) is 9.18 Å². The Morgan fingerprint density at radius 3 is 2.50 bits per heavy atom. The Morgan fingerprint density at radius 1 is 1.06 bits per heavy atom. The van der Waals surface area contributed by atoms with E-state index in [0.717, 1.165) is 5.56 Å². The zero-order chi connectivity index (χ0) is 26.1. The van der Waals surface area contributed by atoms with Crippen molar-refractivity contribution in [3.05, 3.63) is 81.8 Å². The predicted octanol–water partition coefficient (Wildman–Crippen LogP) is 5.64. The Morgan fingerprint density at radius 2 is 1.83 bits per heavy atom. The molecular weight excluding hydrogens is 483 g/mol. The largest absolute Gasteiger partial charge is 0.493 e. The van der Waals surface area contributed by atoms with E-state index in [1.54, 1.807) is 41.3 Å². The van der Waals surface area contributed by atoms with Gasteiger partial charge in [-0.05, 0) is 56.0 Å². The van der Waals surface area contributed by atoms with Crippen LogP contribution in [0.25, 0.3) is 0 Å². The van der Waals surface area contributed by atoms with Gasteiger partial charge >= 0.3 is 6.09 Å². The Balaban J connectivity index is 1.69. The van der Waals surface area contributed by atoms with Gasteiger partial charge in [-0.15, -0.1) is 11.3 Å². The number of hydrogen-bond acceptors (Lipinski definition) is 6. The molecule has 3 aromatic rings. The number of benzene rings is 2. The van der Waals surface area contributed by atoms with Gasteiger partial charge in [0, 0.05) is 17.6 Å². The number of nitrogens with one attached hydrogen (secondary N) is 1. The number of amides is 2. The van der Waals surface area contributed by atoms with Gasteiger partial charge in [-0.2, -0.15) is 0 Å². The number of ether oxygens (including phenoxy) is 3. The molecule has 0 aliphatic carbocycles. The maximum absolute atomic E-state index is 13.9. The lowest BCUT2D eigenvalue weighted by Crippen LogP contribution is -2.42. The second-order valence-electron chi connectivity index (χ2n) is 9.08. The van der Waals surface area contributed by atoms with E-state index in [1.807, 2.05) is 38.3 Å². The van der Waals surface area contributed by atoms with Gasteiger partial charge in [-0.3, -0.25) is 4.79 Å². The fourth-order valence-electron chi connectivity index (χ4n) is 3.32. The first-order valence-electron chi connectivity index (χ1n) is 11.5. The molecule has 7 nitrogen and oxygen atoms in total.